The van der Waals surface area contributed by atoms with Gasteiger partial charge in [-0.3, -0.25) is 19.2 Å². The van der Waals surface area contributed by atoms with Crippen molar-refractivity contribution < 1.29 is 26.4 Å². The lowest BCUT2D eigenvalue weighted by molar-refractivity contribution is -0.123. The Morgan fingerprint density at radius 2 is 1.28 bits per heavy atom. The molecule has 32 heavy (non-hydrogen) atoms. The normalized spacial score (nSPS) is 26.6. The van der Waals surface area contributed by atoms with Crippen LogP contribution >= 0.6 is 0 Å². The third-order valence-corrected chi connectivity index (χ3v) is 8.64. The molecule has 1 aliphatic heterocycles. The van der Waals surface area contributed by atoms with Gasteiger partial charge in [-0.2, -0.15) is 0 Å². The second kappa shape index (κ2) is 6.99. The molecular weight excluding hydrogens is 454 g/mol. The number of benzene rings is 2. The maximum atomic E-state index is 12.9. The molecule has 2 aliphatic carbocycles. The smallest absolute Gasteiger partial charge is 0.261 e. The Balaban J connectivity index is 1.35. The van der Waals surface area contributed by atoms with Crippen LogP contribution in [0.3, 0.4) is 0 Å². The molecule has 11 heteroatoms. The second-order valence-electron chi connectivity index (χ2n) is 8.18. The average molecular weight is 474 g/mol. The van der Waals surface area contributed by atoms with E-state index in [1.807, 2.05) is 12.2 Å². The summed E-state index contributed by atoms with van der Waals surface area (Å²) in [6.45, 7) is 0. The molecule has 5 rings (SSSR count). The van der Waals surface area contributed by atoms with Gasteiger partial charge in [-0.15, -0.1) is 0 Å². The highest BCUT2D eigenvalue weighted by molar-refractivity contribution is 7.92. The first-order valence-electron chi connectivity index (χ1n) is 9.88. The van der Waals surface area contributed by atoms with Crippen LogP contribution in [-0.2, 0) is 29.6 Å². The highest BCUT2D eigenvalue weighted by Gasteiger charge is 2.59. The van der Waals surface area contributed by atoms with E-state index < -0.39 is 20.0 Å². The van der Waals surface area contributed by atoms with Gasteiger partial charge in [-0.05, 0) is 66.8 Å². The molecule has 2 aromatic carbocycles. The van der Waals surface area contributed by atoms with Gasteiger partial charge in [-0.25, -0.2) is 22.0 Å². The van der Waals surface area contributed by atoms with E-state index in [9.17, 15) is 26.4 Å². The van der Waals surface area contributed by atoms with Gasteiger partial charge in [-0.1, -0.05) is 12.2 Å². The third-order valence-electron chi connectivity index (χ3n) is 6.31. The molecule has 0 spiro atoms. The molecule has 0 unspecified atom stereocenters. The van der Waals surface area contributed by atoms with E-state index >= 15 is 0 Å². The van der Waals surface area contributed by atoms with E-state index in [-0.39, 0.29) is 51.0 Å². The van der Waals surface area contributed by atoms with Gasteiger partial charge < -0.3 is 0 Å². The first-order chi connectivity index (χ1) is 15.1. The Morgan fingerprint density at radius 3 is 1.78 bits per heavy atom. The van der Waals surface area contributed by atoms with Crippen LogP contribution in [0.15, 0.2) is 70.5 Å². The topological polar surface area (TPSA) is 144 Å². The van der Waals surface area contributed by atoms with Gasteiger partial charge in [0.2, 0.25) is 21.8 Å². The summed E-state index contributed by atoms with van der Waals surface area (Å²) in [6.07, 6.45) is 4.86. The largest absolute Gasteiger partial charge is 0.280 e. The summed E-state index contributed by atoms with van der Waals surface area (Å²) in [6, 6.07) is 10.5. The van der Waals surface area contributed by atoms with Crippen LogP contribution in [0.1, 0.15) is 6.42 Å². The number of nitrogens with two attached hydrogens (primary N) is 1. The number of carbonyl (C=O) groups excluding carboxylic acids is 2. The van der Waals surface area contributed by atoms with Crippen molar-refractivity contribution >= 4 is 43.2 Å². The number of anilines is 2. The molecule has 1 saturated heterocycles. The fourth-order valence-corrected chi connectivity index (χ4v) is 6.43. The number of hydrogen-bond donors (Lipinski definition) is 2. The Labute approximate surface area is 185 Å². The van der Waals surface area contributed by atoms with E-state index in [1.54, 1.807) is 0 Å². The van der Waals surface area contributed by atoms with Crippen LogP contribution in [0.2, 0.25) is 0 Å². The minimum Gasteiger partial charge on any atom is -0.280 e. The van der Waals surface area contributed by atoms with Gasteiger partial charge >= 0.3 is 0 Å². The van der Waals surface area contributed by atoms with Crippen molar-refractivity contribution in [2.75, 3.05) is 9.62 Å². The molecule has 0 radical (unpaired) electrons. The second-order valence-corrected chi connectivity index (χ2v) is 11.4. The highest BCUT2D eigenvalue weighted by Crippen LogP contribution is 2.53. The average Bonchev–Trinajstić information content (AvgIpc) is 3.41. The molecule has 2 amide bonds. The maximum absolute atomic E-state index is 12.9. The zero-order valence-corrected chi connectivity index (χ0v) is 18.2. The van der Waals surface area contributed by atoms with E-state index in [0.717, 1.165) is 11.3 Å². The van der Waals surface area contributed by atoms with Crippen LogP contribution in [0, 0.1) is 23.7 Å². The number of rotatable bonds is 5. The van der Waals surface area contributed by atoms with Gasteiger partial charge in [0.1, 0.15) is 0 Å². The fourth-order valence-electron chi connectivity index (χ4n) is 4.86. The summed E-state index contributed by atoms with van der Waals surface area (Å²) in [4.78, 5) is 26.7. The zero-order valence-electron chi connectivity index (χ0n) is 16.6. The van der Waals surface area contributed by atoms with Crippen molar-refractivity contribution in [2.45, 2.75) is 16.2 Å². The predicted molar refractivity (Wildman–Crippen MR) is 115 cm³/mol. The lowest BCUT2D eigenvalue weighted by atomic mass is 9.85. The molecule has 4 atom stereocenters. The lowest BCUT2D eigenvalue weighted by Gasteiger charge is -2.17. The maximum Gasteiger partial charge on any atom is 0.261 e. The van der Waals surface area contributed by atoms with Gasteiger partial charge in [0.05, 0.1) is 27.3 Å². The molecule has 3 aliphatic rings. The summed E-state index contributed by atoms with van der Waals surface area (Å²) < 4.78 is 50.4. The van der Waals surface area contributed by atoms with E-state index in [4.69, 9.17) is 5.14 Å². The van der Waals surface area contributed by atoms with Crippen molar-refractivity contribution in [2.24, 2.45) is 28.8 Å². The molecular formula is C21H19N3O6S2. The van der Waals surface area contributed by atoms with Crippen LogP contribution < -0.4 is 14.8 Å². The van der Waals surface area contributed by atoms with Crippen molar-refractivity contribution in [3.63, 3.8) is 0 Å². The molecule has 166 valence electrons. The number of nitrogens with zero attached hydrogens (tertiary/aromatic N) is 1. The van der Waals surface area contributed by atoms with Crippen molar-refractivity contribution in [3.8, 4) is 0 Å². The summed E-state index contributed by atoms with van der Waals surface area (Å²) in [7, 11) is -7.87. The zero-order chi connectivity index (χ0) is 22.8. The molecule has 2 fully saturated rings. The SMILES string of the molecule is NS(=O)(=O)c1ccc(NS(=O)(=O)c2ccc(N3C(=O)[C@@H]4[C@H](C3=O)[C@@H]3C=C[C@H]4C3)cc2)cc1. The first kappa shape index (κ1) is 20.9. The number of sulfonamides is 2. The first-order valence-corrected chi connectivity index (χ1v) is 12.9. The highest BCUT2D eigenvalue weighted by atomic mass is 32.2. The number of fused-ring (bicyclic) bond motifs is 5. The van der Waals surface area contributed by atoms with E-state index in [0.29, 0.717) is 5.69 Å². The molecule has 2 aromatic rings. The van der Waals surface area contributed by atoms with Gasteiger partial charge in [0.15, 0.2) is 0 Å². The number of imide groups is 1. The van der Waals surface area contributed by atoms with Crippen molar-refractivity contribution in [1.82, 2.24) is 0 Å². The molecule has 3 N–H and O–H groups in total. The van der Waals surface area contributed by atoms with Gasteiger partial charge in [0, 0.05) is 5.69 Å². The van der Waals surface area contributed by atoms with Crippen LogP contribution in [-0.4, -0.2) is 28.6 Å². The van der Waals surface area contributed by atoms with E-state index in [1.165, 1.54) is 48.5 Å². The Kier molecular flexibility index (Phi) is 4.56. The van der Waals surface area contributed by atoms with E-state index in [2.05, 4.69) is 4.72 Å². The number of allylic oxidation sites excluding steroid dienone is 2. The lowest BCUT2D eigenvalue weighted by Crippen LogP contribution is -2.32. The molecule has 2 bridgehead atoms. The summed E-state index contributed by atoms with van der Waals surface area (Å²) in [5, 5.41) is 5.04. The van der Waals surface area contributed by atoms with Crippen LogP contribution in [0.4, 0.5) is 11.4 Å². The minimum atomic E-state index is -3.98. The number of primary sulfonamides is 1. The van der Waals surface area contributed by atoms with Gasteiger partial charge in [0.25, 0.3) is 10.0 Å². The minimum absolute atomic E-state index is 0.0715. The number of hydrogen-bond acceptors (Lipinski definition) is 6. The number of carbonyl (C=O) groups is 2. The van der Waals surface area contributed by atoms with Crippen LogP contribution in [0.25, 0.3) is 0 Å². The fraction of sp³-hybridized carbons (Fsp3) is 0.238. The Morgan fingerprint density at radius 1 is 0.781 bits per heavy atom. The number of nitrogens with one attached hydrogen (secondary N) is 1. The Bertz CT molecular complexity index is 1340. The molecule has 1 heterocycles. The summed E-state index contributed by atoms with van der Waals surface area (Å²) in [5.74, 6) is -0.946. The van der Waals surface area contributed by atoms with Crippen LogP contribution in [0.5, 0.6) is 0 Å². The predicted octanol–water partition coefficient (Wildman–Crippen LogP) is 1.45. The monoisotopic (exact) mass is 473 g/mol. The molecule has 1 saturated carbocycles. The number of amides is 2. The summed E-state index contributed by atoms with van der Waals surface area (Å²) >= 11 is 0. The quantitative estimate of drug-likeness (QED) is 0.497. The standard InChI is InChI=1S/C21H19N3O6S2/c22-31(27,28)16-7-3-14(4-8-16)23-32(29,30)17-9-5-15(6-10-17)24-20(25)18-12-1-2-13(11-12)19(18)21(24)26/h1-10,12-13,18-19,23H,11H2,(H2,22,27,28)/t12-,13+,18-,19+. The molecule has 0 aromatic heterocycles. The van der Waals surface area contributed by atoms with Crippen molar-refractivity contribution in [1.29, 1.82) is 0 Å². The summed E-state index contributed by atoms with van der Waals surface area (Å²) in [5.41, 5.74) is 0.493. The third kappa shape index (κ3) is 3.24. The molecule has 9 nitrogen and oxygen atoms in total. The van der Waals surface area contributed by atoms with Crippen molar-refractivity contribution in [3.05, 3.63) is 60.7 Å². The Hall–Kier alpha value is -3.02.